The Kier molecular flexibility index (Phi) is 12.7. The Morgan fingerprint density at radius 2 is 1.83 bits per heavy atom. The minimum Gasteiger partial charge on any atom is -0.458 e. The van der Waals surface area contributed by atoms with Crippen molar-refractivity contribution >= 4 is 23.6 Å². The summed E-state index contributed by atoms with van der Waals surface area (Å²) in [6, 6.07) is 2.52. The van der Waals surface area contributed by atoms with Crippen LogP contribution < -0.4 is 0 Å². The van der Waals surface area contributed by atoms with Crippen molar-refractivity contribution in [1.29, 1.82) is 0 Å². The third-order valence-corrected chi connectivity index (χ3v) is 11.7. The number of ketones is 2. The largest absolute Gasteiger partial charge is 0.458 e. The average molecular weight is 756 g/mol. The quantitative estimate of drug-likeness (QED) is 0.305. The van der Waals surface area contributed by atoms with Gasteiger partial charge < -0.3 is 38.3 Å². The van der Waals surface area contributed by atoms with Gasteiger partial charge in [0.25, 0.3) is 0 Å². The molecule has 0 aliphatic carbocycles. The number of aliphatic hydroxyl groups excluding tert-OH is 1. The molecule has 3 aliphatic heterocycles. The molecule has 5 heterocycles. The van der Waals surface area contributed by atoms with Crippen molar-refractivity contribution in [1.82, 2.24) is 24.3 Å². The molecule has 0 saturated carbocycles. The van der Waals surface area contributed by atoms with Gasteiger partial charge in [0.1, 0.15) is 36.4 Å². The van der Waals surface area contributed by atoms with Gasteiger partial charge in [-0.05, 0) is 73.2 Å². The Labute approximate surface area is 317 Å². The van der Waals surface area contributed by atoms with Gasteiger partial charge in [-0.1, -0.05) is 20.8 Å². The minimum atomic E-state index is -1.46. The summed E-state index contributed by atoms with van der Waals surface area (Å²) in [5.41, 5.74) is -1.27. The zero-order valence-electron chi connectivity index (χ0n) is 33.1. The van der Waals surface area contributed by atoms with E-state index in [1.165, 1.54) is 18.9 Å². The van der Waals surface area contributed by atoms with E-state index in [1.807, 2.05) is 32.0 Å². The fourth-order valence-corrected chi connectivity index (χ4v) is 8.40. The highest BCUT2D eigenvalue weighted by Crippen LogP contribution is 2.43. The Morgan fingerprint density at radius 3 is 2.46 bits per heavy atom. The normalized spacial score (nSPS) is 37.1. The topological polar surface area (TPSA) is 172 Å². The number of cyclic esters (lactones) is 1. The molecule has 3 fully saturated rings. The van der Waals surface area contributed by atoms with E-state index in [9.17, 15) is 24.3 Å². The number of carbonyl (C=O) groups excluding carboxylic acids is 4. The van der Waals surface area contributed by atoms with Crippen molar-refractivity contribution in [2.24, 2.45) is 17.8 Å². The van der Waals surface area contributed by atoms with Crippen LogP contribution in [0.25, 0.3) is 11.3 Å². The molecule has 15 heteroatoms. The van der Waals surface area contributed by atoms with Crippen LogP contribution in [-0.4, -0.2) is 128 Å². The number of amides is 1. The smallest absolute Gasteiger partial charge is 0.412 e. The molecule has 2 aromatic heterocycles. The summed E-state index contributed by atoms with van der Waals surface area (Å²) < 4.78 is 32.5. The van der Waals surface area contributed by atoms with Crippen LogP contribution in [0.5, 0.6) is 0 Å². The zero-order chi connectivity index (χ0) is 39.7. The lowest BCUT2D eigenvalue weighted by Gasteiger charge is -2.45. The van der Waals surface area contributed by atoms with E-state index in [1.54, 1.807) is 70.2 Å². The summed E-state index contributed by atoms with van der Waals surface area (Å²) in [5, 5.41) is 11.3. The maximum Gasteiger partial charge on any atom is 0.412 e. The Bertz CT molecular complexity index is 1650. The van der Waals surface area contributed by atoms with Crippen LogP contribution in [0.2, 0.25) is 0 Å². The molecule has 2 unspecified atom stereocenters. The summed E-state index contributed by atoms with van der Waals surface area (Å²) >= 11 is 0. The van der Waals surface area contributed by atoms with Crippen molar-refractivity contribution in [3.05, 3.63) is 37.1 Å². The molecule has 15 nitrogen and oxygen atoms in total. The molecule has 298 valence electrons. The van der Waals surface area contributed by atoms with Crippen LogP contribution in [0, 0.1) is 17.8 Å². The summed E-state index contributed by atoms with van der Waals surface area (Å²) in [7, 11) is 5.20. The third kappa shape index (κ3) is 8.25. The van der Waals surface area contributed by atoms with Crippen molar-refractivity contribution in [3.8, 4) is 11.3 Å². The van der Waals surface area contributed by atoms with Crippen LogP contribution in [0.15, 0.2) is 37.1 Å². The van der Waals surface area contributed by atoms with E-state index < -0.39 is 77.4 Å². The first kappa shape index (κ1) is 41.4. The van der Waals surface area contributed by atoms with Crippen molar-refractivity contribution in [2.75, 3.05) is 21.2 Å². The number of hydrogen-bond acceptors (Lipinski definition) is 13. The molecule has 2 aromatic rings. The van der Waals surface area contributed by atoms with Gasteiger partial charge in [-0.15, -0.1) is 0 Å². The summed E-state index contributed by atoms with van der Waals surface area (Å²) in [6.45, 7) is 12.1. The Morgan fingerprint density at radius 1 is 1.11 bits per heavy atom. The molecule has 3 saturated heterocycles. The Hall–Kier alpha value is -3.76. The molecule has 0 spiro atoms. The molecule has 0 radical (unpaired) electrons. The number of fused-ring (bicyclic) bond motifs is 1. The number of esters is 1. The van der Waals surface area contributed by atoms with Gasteiger partial charge in [0.2, 0.25) is 0 Å². The molecule has 12 atom stereocenters. The van der Waals surface area contributed by atoms with Crippen molar-refractivity contribution in [2.45, 2.75) is 135 Å². The number of rotatable bonds is 8. The summed E-state index contributed by atoms with van der Waals surface area (Å²) in [5.74, 6) is -4.15. The number of nitrogens with zero attached hydrogens (tertiary/aromatic N) is 5. The maximum absolute atomic E-state index is 14.6. The number of carbonyl (C=O) groups is 4. The number of aromatic nitrogens is 3. The van der Waals surface area contributed by atoms with Crippen LogP contribution in [0.4, 0.5) is 4.79 Å². The fourth-order valence-electron chi connectivity index (χ4n) is 8.40. The highest BCUT2D eigenvalue weighted by atomic mass is 16.7. The van der Waals surface area contributed by atoms with Gasteiger partial charge >= 0.3 is 12.1 Å². The Balaban J connectivity index is 1.51. The lowest BCUT2D eigenvalue weighted by molar-refractivity contribution is -0.289. The SMILES string of the molecule is CC[C@H]1OC(=O)[C@H](C)C(=O)C[C@@H](O[C@@H]2O[C@H](C)CC(N(C)C)C2O)[C@](C)(OC)C[C@@H](C)C(=O)[C@H](C)[C@H]2N(Cn3cnc(-c4cccnc4)c3)C(=O)O[C@]12C. The minimum absolute atomic E-state index is 0.000592. The van der Waals surface area contributed by atoms with Gasteiger partial charge in [-0.3, -0.25) is 24.3 Å². The van der Waals surface area contributed by atoms with E-state index >= 15 is 0 Å². The standard InChI is InChI=1S/C39H57N5O10/c1-11-30-39(7)34(44(37(49)54-39)21-43-19-27(41-20-43)26-13-12-14-40-18-26)25(5)32(46)22(2)17-38(6,50-10)31(16-29(45)24(4)35(48)52-30)53-36-33(47)28(42(8)9)15-23(3)51-36/h12-14,18-20,22-25,28,30-31,33-34,36,47H,11,15-17,21H2,1-10H3/t22-,23-,24-,25+,28?,30-,31-,33?,34-,36+,38-,39-/m1/s1. The number of imidazole rings is 1. The highest BCUT2D eigenvalue weighted by Gasteiger charge is 2.60. The highest BCUT2D eigenvalue weighted by molar-refractivity contribution is 5.99. The fraction of sp³-hybridized carbons (Fsp3) is 0.692. The van der Waals surface area contributed by atoms with Crippen molar-refractivity contribution < 1.29 is 48.0 Å². The van der Waals surface area contributed by atoms with E-state index in [0.29, 0.717) is 12.1 Å². The van der Waals surface area contributed by atoms with Gasteiger partial charge in [-0.2, -0.15) is 0 Å². The van der Waals surface area contributed by atoms with Gasteiger partial charge in [-0.25, -0.2) is 9.78 Å². The van der Waals surface area contributed by atoms with E-state index in [-0.39, 0.29) is 43.9 Å². The van der Waals surface area contributed by atoms with Crippen LogP contribution in [0.1, 0.15) is 74.1 Å². The third-order valence-electron chi connectivity index (χ3n) is 11.7. The number of pyridine rings is 1. The molecule has 1 amide bonds. The van der Waals surface area contributed by atoms with Crippen LogP contribution in [0.3, 0.4) is 0 Å². The number of ether oxygens (including phenoxy) is 5. The van der Waals surface area contributed by atoms with Gasteiger partial charge in [0.05, 0.1) is 35.9 Å². The number of aliphatic hydroxyl groups is 1. The van der Waals surface area contributed by atoms with E-state index in [2.05, 4.69) is 9.97 Å². The molecular formula is C39H57N5O10. The summed E-state index contributed by atoms with van der Waals surface area (Å²) in [4.78, 5) is 68.3. The average Bonchev–Trinajstić information content (AvgIpc) is 3.71. The monoisotopic (exact) mass is 755 g/mol. The molecule has 1 N–H and O–H groups in total. The summed E-state index contributed by atoms with van der Waals surface area (Å²) in [6.07, 6.45) is 2.25. The van der Waals surface area contributed by atoms with Gasteiger partial charge in [0, 0.05) is 55.6 Å². The van der Waals surface area contributed by atoms with Crippen molar-refractivity contribution in [3.63, 3.8) is 0 Å². The molecular weight excluding hydrogens is 698 g/mol. The lowest BCUT2D eigenvalue weighted by atomic mass is 9.74. The number of methoxy groups -OCH3 is 1. The molecule has 0 aromatic carbocycles. The second kappa shape index (κ2) is 16.5. The molecule has 0 bridgehead atoms. The lowest BCUT2D eigenvalue weighted by Crippen LogP contribution is -2.59. The number of hydrogen-bond donors (Lipinski definition) is 1. The van der Waals surface area contributed by atoms with E-state index in [0.717, 1.165) is 5.56 Å². The molecule has 5 rings (SSSR count). The molecule has 3 aliphatic rings. The number of likely N-dealkylation sites (N-methyl/N-ethyl adjacent to an activating group) is 1. The first-order valence-electron chi connectivity index (χ1n) is 18.8. The van der Waals surface area contributed by atoms with Crippen LogP contribution >= 0.6 is 0 Å². The maximum atomic E-state index is 14.6. The predicted octanol–water partition coefficient (Wildman–Crippen LogP) is 3.86. The van der Waals surface area contributed by atoms with E-state index in [4.69, 9.17) is 23.7 Å². The predicted molar refractivity (Wildman–Crippen MR) is 196 cm³/mol. The second-order valence-corrected chi connectivity index (χ2v) is 15.9. The molecule has 54 heavy (non-hydrogen) atoms. The van der Waals surface area contributed by atoms with Crippen LogP contribution in [-0.2, 0) is 44.7 Å². The first-order valence-corrected chi connectivity index (χ1v) is 18.8. The van der Waals surface area contributed by atoms with Gasteiger partial charge in [0.15, 0.2) is 11.9 Å². The first-order chi connectivity index (χ1) is 25.4. The number of Topliss-reactive ketones (excluding diaryl/α,β-unsaturated/α-hetero) is 2. The zero-order valence-corrected chi connectivity index (χ0v) is 33.1. The second-order valence-electron chi connectivity index (χ2n) is 15.9.